The lowest BCUT2D eigenvalue weighted by Gasteiger charge is -1.96. The number of benzene rings is 1. The summed E-state index contributed by atoms with van der Waals surface area (Å²) in [5, 5.41) is 0. The Balaban J connectivity index is 1.80. The molecule has 0 N–H and O–H groups in total. The summed E-state index contributed by atoms with van der Waals surface area (Å²) in [4.78, 5) is 1.33. The van der Waals surface area contributed by atoms with E-state index in [1.807, 2.05) is 17.8 Å². The molecule has 1 fully saturated rings. The zero-order chi connectivity index (χ0) is 8.39. The molecule has 12 heavy (non-hydrogen) atoms. The third-order valence-electron chi connectivity index (χ3n) is 1.99. The minimum atomic E-state index is 0.487. The first-order chi connectivity index (χ1) is 5.86. The van der Waals surface area contributed by atoms with Gasteiger partial charge in [-0.3, -0.25) is 0 Å². The van der Waals surface area contributed by atoms with Crippen molar-refractivity contribution in [2.24, 2.45) is 0 Å². The largest absolute Gasteiger partial charge is 0.369 e. The predicted molar refractivity (Wildman–Crippen MR) is 51.5 cm³/mol. The van der Waals surface area contributed by atoms with Crippen LogP contribution in [0.2, 0.25) is 0 Å². The van der Waals surface area contributed by atoms with Crippen LogP contribution in [0.15, 0.2) is 35.2 Å². The molecule has 1 saturated heterocycles. The van der Waals surface area contributed by atoms with Crippen LogP contribution in [0.5, 0.6) is 0 Å². The van der Waals surface area contributed by atoms with E-state index in [-0.39, 0.29) is 0 Å². The zero-order valence-corrected chi connectivity index (χ0v) is 7.88. The molecule has 0 radical (unpaired) electrons. The molecule has 0 aromatic heterocycles. The van der Waals surface area contributed by atoms with E-state index in [2.05, 4.69) is 31.2 Å². The van der Waals surface area contributed by atoms with Gasteiger partial charge in [0, 0.05) is 10.6 Å². The lowest BCUT2D eigenvalue weighted by Crippen LogP contribution is -1.92. The number of rotatable bonds is 3. The van der Waals surface area contributed by atoms with Gasteiger partial charge in [0.15, 0.2) is 0 Å². The molecule has 1 nitrogen and oxygen atoms in total. The molecule has 0 aliphatic carbocycles. The fraction of sp³-hybridized carbons (Fsp3) is 0.400. The maximum Gasteiger partial charge on any atom is 0.0932 e. The zero-order valence-electron chi connectivity index (χ0n) is 7.07. The Morgan fingerprint density at radius 3 is 2.58 bits per heavy atom. The van der Waals surface area contributed by atoms with Crippen LogP contribution in [-0.2, 0) is 4.74 Å². The number of hydrogen-bond acceptors (Lipinski definition) is 2. The topological polar surface area (TPSA) is 12.5 Å². The summed E-state index contributed by atoms with van der Waals surface area (Å²) in [7, 11) is 0. The van der Waals surface area contributed by atoms with E-state index in [9.17, 15) is 0 Å². The Kier molecular flexibility index (Phi) is 2.38. The van der Waals surface area contributed by atoms with Crippen LogP contribution in [0.25, 0.3) is 0 Å². The average molecular weight is 180 g/mol. The van der Waals surface area contributed by atoms with Gasteiger partial charge in [-0.2, -0.15) is 0 Å². The van der Waals surface area contributed by atoms with Gasteiger partial charge < -0.3 is 4.74 Å². The van der Waals surface area contributed by atoms with Crippen molar-refractivity contribution in [2.75, 3.05) is 5.75 Å². The first-order valence-electron chi connectivity index (χ1n) is 4.19. The van der Waals surface area contributed by atoms with Crippen LogP contribution in [0.3, 0.4) is 0 Å². The van der Waals surface area contributed by atoms with Crippen molar-refractivity contribution in [3.8, 4) is 0 Å². The van der Waals surface area contributed by atoms with Gasteiger partial charge >= 0.3 is 0 Å². The van der Waals surface area contributed by atoms with Gasteiger partial charge in [0.1, 0.15) is 0 Å². The van der Waals surface area contributed by atoms with Gasteiger partial charge in [0.05, 0.1) is 12.2 Å². The first-order valence-corrected chi connectivity index (χ1v) is 5.18. The summed E-state index contributed by atoms with van der Waals surface area (Å²) in [6.45, 7) is 2.12. The number of thioether (sulfide) groups is 1. The summed E-state index contributed by atoms with van der Waals surface area (Å²) in [6.07, 6.45) is 0.983. The van der Waals surface area contributed by atoms with E-state index in [0.717, 1.165) is 5.75 Å². The highest BCUT2D eigenvalue weighted by molar-refractivity contribution is 7.99. The molecule has 0 unspecified atom stereocenters. The van der Waals surface area contributed by atoms with Gasteiger partial charge in [0.25, 0.3) is 0 Å². The SMILES string of the molecule is C[C@H]1O[C@@H]1CSc1ccccc1. The van der Waals surface area contributed by atoms with Crippen molar-refractivity contribution in [1.82, 2.24) is 0 Å². The summed E-state index contributed by atoms with van der Waals surface area (Å²) < 4.78 is 5.32. The summed E-state index contributed by atoms with van der Waals surface area (Å²) >= 11 is 1.87. The Bertz CT molecular complexity index is 247. The molecular weight excluding hydrogens is 168 g/mol. The standard InChI is InChI=1S/C10H12OS/c1-8-10(11-8)7-12-9-5-3-2-4-6-9/h2-6,8,10H,7H2,1H3/t8-,10-/m1/s1. The highest BCUT2D eigenvalue weighted by atomic mass is 32.2. The highest BCUT2D eigenvalue weighted by Crippen LogP contribution is 2.28. The van der Waals surface area contributed by atoms with Gasteiger partial charge in [0.2, 0.25) is 0 Å². The molecule has 2 heteroatoms. The first kappa shape index (κ1) is 8.14. The quantitative estimate of drug-likeness (QED) is 0.523. The van der Waals surface area contributed by atoms with Crippen LogP contribution in [0.4, 0.5) is 0 Å². The molecule has 1 aliphatic rings. The third kappa shape index (κ3) is 2.02. The molecule has 0 spiro atoms. The third-order valence-corrected chi connectivity index (χ3v) is 3.09. The second-order valence-corrected chi connectivity index (χ2v) is 4.10. The second kappa shape index (κ2) is 3.50. The predicted octanol–water partition coefficient (Wildman–Crippen LogP) is 2.57. The van der Waals surface area contributed by atoms with Crippen molar-refractivity contribution < 1.29 is 4.74 Å². The fourth-order valence-electron chi connectivity index (χ4n) is 1.10. The molecule has 0 saturated carbocycles. The summed E-state index contributed by atoms with van der Waals surface area (Å²) in [5.74, 6) is 1.09. The average Bonchev–Trinajstić information content (AvgIpc) is 2.81. The van der Waals surface area contributed by atoms with E-state index in [1.54, 1.807) is 0 Å². The van der Waals surface area contributed by atoms with Crippen LogP contribution in [0, 0.1) is 0 Å². The smallest absolute Gasteiger partial charge is 0.0932 e. The molecule has 1 heterocycles. The number of epoxide rings is 1. The molecule has 1 aromatic carbocycles. The molecular formula is C10H12OS. The number of hydrogen-bond donors (Lipinski definition) is 0. The molecule has 1 aromatic rings. The summed E-state index contributed by atoms with van der Waals surface area (Å²) in [5.41, 5.74) is 0. The van der Waals surface area contributed by atoms with Crippen molar-refractivity contribution in [2.45, 2.75) is 24.0 Å². The van der Waals surface area contributed by atoms with E-state index >= 15 is 0 Å². The van der Waals surface area contributed by atoms with E-state index in [1.165, 1.54) is 4.90 Å². The van der Waals surface area contributed by atoms with Gasteiger partial charge in [-0.05, 0) is 19.1 Å². The molecule has 2 rings (SSSR count). The Hall–Kier alpha value is -0.470. The Labute approximate surface area is 77.1 Å². The monoisotopic (exact) mass is 180 g/mol. The maximum absolute atomic E-state index is 5.32. The highest BCUT2D eigenvalue weighted by Gasteiger charge is 2.33. The van der Waals surface area contributed by atoms with Crippen LogP contribution < -0.4 is 0 Å². The molecule has 2 atom stereocenters. The molecule has 0 bridgehead atoms. The second-order valence-electron chi connectivity index (χ2n) is 3.00. The molecule has 0 amide bonds. The lowest BCUT2D eigenvalue weighted by atomic mass is 10.4. The van der Waals surface area contributed by atoms with Crippen molar-refractivity contribution >= 4 is 11.8 Å². The van der Waals surface area contributed by atoms with Gasteiger partial charge in [-0.25, -0.2) is 0 Å². The number of ether oxygens (including phenoxy) is 1. The minimum Gasteiger partial charge on any atom is -0.369 e. The van der Waals surface area contributed by atoms with Crippen LogP contribution in [0.1, 0.15) is 6.92 Å². The van der Waals surface area contributed by atoms with E-state index in [0.29, 0.717) is 12.2 Å². The van der Waals surface area contributed by atoms with Crippen molar-refractivity contribution in [3.63, 3.8) is 0 Å². The van der Waals surface area contributed by atoms with Gasteiger partial charge in [-0.1, -0.05) is 18.2 Å². The van der Waals surface area contributed by atoms with Crippen molar-refractivity contribution in [1.29, 1.82) is 0 Å². The Morgan fingerprint density at radius 2 is 2.00 bits per heavy atom. The van der Waals surface area contributed by atoms with Crippen molar-refractivity contribution in [3.05, 3.63) is 30.3 Å². The lowest BCUT2D eigenvalue weighted by molar-refractivity contribution is 0.390. The molecule has 64 valence electrons. The van der Waals surface area contributed by atoms with E-state index in [4.69, 9.17) is 4.74 Å². The van der Waals surface area contributed by atoms with E-state index < -0.39 is 0 Å². The van der Waals surface area contributed by atoms with Crippen LogP contribution >= 0.6 is 11.8 Å². The summed E-state index contributed by atoms with van der Waals surface area (Å²) in [6, 6.07) is 10.5. The maximum atomic E-state index is 5.32. The fourth-order valence-corrected chi connectivity index (χ4v) is 2.16. The van der Waals surface area contributed by atoms with Crippen LogP contribution in [-0.4, -0.2) is 18.0 Å². The van der Waals surface area contributed by atoms with Gasteiger partial charge in [-0.15, -0.1) is 11.8 Å². The Morgan fingerprint density at radius 1 is 1.33 bits per heavy atom. The minimum absolute atomic E-state index is 0.487. The molecule has 1 aliphatic heterocycles. The normalized spacial score (nSPS) is 27.1.